The summed E-state index contributed by atoms with van der Waals surface area (Å²) in [7, 11) is 0. The van der Waals surface area contributed by atoms with Crippen molar-refractivity contribution in [3.05, 3.63) is 86.0 Å². The van der Waals surface area contributed by atoms with Crippen molar-refractivity contribution in [3.8, 4) is 0 Å². The summed E-state index contributed by atoms with van der Waals surface area (Å²) >= 11 is 12.2. The number of aryl methyl sites for hydroxylation is 1. The van der Waals surface area contributed by atoms with Gasteiger partial charge in [0, 0.05) is 16.8 Å². The zero-order valence-electron chi connectivity index (χ0n) is 14.2. The van der Waals surface area contributed by atoms with Crippen LogP contribution in [0.15, 0.2) is 63.8 Å². The number of hydrogen-bond donors (Lipinski definition) is 1. The SMILES string of the molecule is Cc1cc2oc3cc(NC(=O)c4ccccc4Cl)ccc3c(=O)c2cc1Cl. The van der Waals surface area contributed by atoms with E-state index in [-0.39, 0.29) is 11.3 Å². The lowest BCUT2D eigenvalue weighted by atomic mass is 10.1. The third-order valence-electron chi connectivity index (χ3n) is 4.33. The number of rotatable bonds is 2. The van der Waals surface area contributed by atoms with Gasteiger partial charge in [-0.2, -0.15) is 0 Å². The Hall–Kier alpha value is -2.82. The number of carbonyl (C=O) groups excluding carboxylic acids is 1. The number of hydrogen-bond acceptors (Lipinski definition) is 3. The van der Waals surface area contributed by atoms with E-state index >= 15 is 0 Å². The van der Waals surface area contributed by atoms with Crippen LogP contribution in [0.3, 0.4) is 0 Å². The van der Waals surface area contributed by atoms with Crippen molar-refractivity contribution in [2.24, 2.45) is 0 Å². The van der Waals surface area contributed by atoms with Gasteiger partial charge in [-0.3, -0.25) is 9.59 Å². The minimum absolute atomic E-state index is 0.169. The van der Waals surface area contributed by atoms with Crippen LogP contribution in [0, 0.1) is 6.92 Å². The molecule has 134 valence electrons. The molecule has 1 amide bonds. The molecule has 0 aliphatic rings. The smallest absolute Gasteiger partial charge is 0.257 e. The van der Waals surface area contributed by atoms with Gasteiger partial charge >= 0.3 is 0 Å². The van der Waals surface area contributed by atoms with Crippen LogP contribution in [0.25, 0.3) is 21.9 Å². The van der Waals surface area contributed by atoms with Crippen molar-refractivity contribution in [2.45, 2.75) is 6.92 Å². The van der Waals surface area contributed by atoms with E-state index in [0.29, 0.717) is 43.2 Å². The standard InChI is InChI=1S/C21H13Cl2NO3/c1-11-8-18-15(10-17(11)23)20(25)14-7-6-12(9-19(14)27-18)24-21(26)13-4-2-3-5-16(13)22/h2-10H,1H3,(H,24,26). The molecular weight excluding hydrogens is 385 g/mol. The normalized spacial score (nSPS) is 11.1. The van der Waals surface area contributed by atoms with Crippen LogP contribution in [-0.4, -0.2) is 5.91 Å². The van der Waals surface area contributed by atoms with Crippen molar-refractivity contribution < 1.29 is 9.21 Å². The Kier molecular flexibility index (Phi) is 4.38. The molecule has 0 bridgehead atoms. The number of halogens is 2. The molecule has 1 N–H and O–H groups in total. The quantitative estimate of drug-likeness (QED) is 0.433. The summed E-state index contributed by atoms with van der Waals surface area (Å²) in [6.45, 7) is 1.84. The molecule has 1 aromatic heterocycles. The third-order valence-corrected chi connectivity index (χ3v) is 5.06. The lowest BCUT2D eigenvalue weighted by Crippen LogP contribution is -2.12. The van der Waals surface area contributed by atoms with Gasteiger partial charge in [0.2, 0.25) is 5.43 Å². The summed E-state index contributed by atoms with van der Waals surface area (Å²) in [6.07, 6.45) is 0. The van der Waals surface area contributed by atoms with Crippen LogP contribution in [-0.2, 0) is 0 Å². The molecule has 27 heavy (non-hydrogen) atoms. The van der Waals surface area contributed by atoms with Crippen molar-refractivity contribution in [1.82, 2.24) is 0 Å². The average molecular weight is 398 g/mol. The molecule has 4 aromatic rings. The Labute approximate surface area is 164 Å². The molecule has 6 heteroatoms. The van der Waals surface area contributed by atoms with Crippen LogP contribution in [0.1, 0.15) is 15.9 Å². The molecule has 3 aromatic carbocycles. The van der Waals surface area contributed by atoms with Gasteiger partial charge in [-0.25, -0.2) is 0 Å². The van der Waals surface area contributed by atoms with E-state index in [1.807, 2.05) is 6.92 Å². The molecule has 0 unspecified atom stereocenters. The molecule has 4 rings (SSSR count). The Bertz CT molecular complexity index is 1280. The molecule has 0 saturated heterocycles. The third kappa shape index (κ3) is 3.18. The highest BCUT2D eigenvalue weighted by molar-refractivity contribution is 6.34. The summed E-state index contributed by atoms with van der Waals surface area (Å²) in [5, 5.41) is 4.48. The van der Waals surface area contributed by atoms with Gasteiger partial charge in [0.1, 0.15) is 11.2 Å². The maximum absolute atomic E-state index is 12.7. The highest BCUT2D eigenvalue weighted by atomic mass is 35.5. The van der Waals surface area contributed by atoms with Gasteiger partial charge in [-0.05, 0) is 48.9 Å². The van der Waals surface area contributed by atoms with E-state index in [9.17, 15) is 9.59 Å². The lowest BCUT2D eigenvalue weighted by molar-refractivity contribution is 0.102. The van der Waals surface area contributed by atoms with E-state index in [2.05, 4.69) is 5.32 Å². The van der Waals surface area contributed by atoms with Gasteiger partial charge < -0.3 is 9.73 Å². The van der Waals surface area contributed by atoms with Gasteiger partial charge in [0.05, 0.1) is 21.4 Å². The van der Waals surface area contributed by atoms with Crippen LogP contribution < -0.4 is 10.7 Å². The number of benzene rings is 3. The Morgan fingerprint density at radius 2 is 1.67 bits per heavy atom. The fourth-order valence-electron chi connectivity index (χ4n) is 2.90. The molecule has 0 saturated carbocycles. The molecule has 0 spiro atoms. The number of amides is 1. The first-order valence-corrected chi connectivity index (χ1v) is 8.92. The van der Waals surface area contributed by atoms with E-state index in [4.69, 9.17) is 27.6 Å². The van der Waals surface area contributed by atoms with Crippen molar-refractivity contribution in [2.75, 3.05) is 5.32 Å². The van der Waals surface area contributed by atoms with Gasteiger partial charge in [0.15, 0.2) is 0 Å². The summed E-state index contributed by atoms with van der Waals surface area (Å²) < 4.78 is 5.88. The Morgan fingerprint density at radius 3 is 2.44 bits per heavy atom. The monoisotopic (exact) mass is 397 g/mol. The first-order valence-electron chi connectivity index (χ1n) is 8.16. The van der Waals surface area contributed by atoms with Gasteiger partial charge in [0.25, 0.3) is 5.91 Å². The van der Waals surface area contributed by atoms with Crippen molar-refractivity contribution >= 4 is 56.7 Å². The highest BCUT2D eigenvalue weighted by Gasteiger charge is 2.13. The summed E-state index contributed by atoms with van der Waals surface area (Å²) in [5.74, 6) is -0.342. The maximum Gasteiger partial charge on any atom is 0.257 e. The summed E-state index contributed by atoms with van der Waals surface area (Å²) in [4.78, 5) is 25.2. The minimum atomic E-state index is -0.342. The van der Waals surface area contributed by atoms with E-state index in [1.54, 1.807) is 54.6 Å². The fraction of sp³-hybridized carbons (Fsp3) is 0.0476. The first-order chi connectivity index (χ1) is 12.9. The van der Waals surface area contributed by atoms with Crippen LogP contribution in [0.2, 0.25) is 10.0 Å². The molecule has 4 nitrogen and oxygen atoms in total. The van der Waals surface area contributed by atoms with E-state index < -0.39 is 0 Å². The number of nitrogens with one attached hydrogen (secondary N) is 1. The minimum Gasteiger partial charge on any atom is -0.456 e. The van der Waals surface area contributed by atoms with Crippen molar-refractivity contribution in [1.29, 1.82) is 0 Å². The molecular formula is C21H13Cl2NO3. The second-order valence-electron chi connectivity index (χ2n) is 6.17. The Balaban J connectivity index is 1.79. The van der Waals surface area contributed by atoms with Gasteiger partial charge in [-0.15, -0.1) is 0 Å². The van der Waals surface area contributed by atoms with Crippen molar-refractivity contribution in [3.63, 3.8) is 0 Å². The van der Waals surface area contributed by atoms with Crippen LogP contribution in [0.4, 0.5) is 5.69 Å². The van der Waals surface area contributed by atoms with Gasteiger partial charge in [-0.1, -0.05) is 35.3 Å². The molecule has 0 fully saturated rings. The highest BCUT2D eigenvalue weighted by Crippen LogP contribution is 2.26. The number of carbonyl (C=O) groups is 1. The second-order valence-corrected chi connectivity index (χ2v) is 6.99. The lowest BCUT2D eigenvalue weighted by Gasteiger charge is -2.08. The average Bonchev–Trinajstić information content (AvgIpc) is 2.64. The molecule has 0 atom stereocenters. The fourth-order valence-corrected chi connectivity index (χ4v) is 3.28. The largest absolute Gasteiger partial charge is 0.456 e. The van der Waals surface area contributed by atoms with Crippen LogP contribution in [0.5, 0.6) is 0 Å². The van der Waals surface area contributed by atoms with E-state index in [1.165, 1.54) is 0 Å². The summed E-state index contributed by atoms with van der Waals surface area (Å²) in [6, 6.07) is 15.0. The molecule has 0 aliphatic heterocycles. The Morgan fingerprint density at radius 1 is 0.926 bits per heavy atom. The summed E-state index contributed by atoms with van der Waals surface area (Å²) in [5.41, 5.74) is 2.34. The number of anilines is 1. The van der Waals surface area contributed by atoms with Crippen LogP contribution >= 0.6 is 23.2 Å². The zero-order chi connectivity index (χ0) is 19.1. The molecule has 0 radical (unpaired) electrons. The topological polar surface area (TPSA) is 59.3 Å². The molecule has 0 aliphatic carbocycles. The predicted octanol–water partition coefficient (Wildman–Crippen LogP) is 5.81. The molecule has 1 heterocycles. The first kappa shape index (κ1) is 17.6. The number of fused-ring (bicyclic) bond motifs is 2. The maximum atomic E-state index is 12.7. The predicted molar refractivity (Wildman–Crippen MR) is 109 cm³/mol. The van der Waals surface area contributed by atoms with E-state index in [0.717, 1.165) is 5.56 Å². The zero-order valence-corrected chi connectivity index (χ0v) is 15.7. The second kappa shape index (κ2) is 6.72.